The van der Waals surface area contributed by atoms with Gasteiger partial charge in [-0.3, -0.25) is 4.90 Å². The van der Waals surface area contributed by atoms with Gasteiger partial charge in [-0.1, -0.05) is 13.3 Å². The first kappa shape index (κ1) is 12.9. The summed E-state index contributed by atoms with van der Waals surface area (Å²) < 4.78 is 0. The summed E-state index contributed by atoms with van der Waals surface area (Å²) in [5.74, 6) is 0. The molecule has 5 heteroatoms. The van der Waals surface area contributed by atoms with Crippen LogP contribution in [0, 0.1) is 0 Å². The zero-order chi connectivity index (χ0) is 11.4. The normalized spacial score (nSPS) is 38.2. The van der Waals surface area contributed by atoms with E-state index in [4.69, 9.17) is 5.11 Å². The van der Waals surface area contributed by atoms with Gasteiger partial charge in [0.1, 0.15) is 12.2 Å². The Morgan fingerprint density at radius 3 is 2.40 bits per heavy atom. The fourth-order valence-electron chi connectivity index (χ4n) is 2.00. The second-order valence-electron chi connectivity index (χ2n) is 4.15. The molecule has 0 radical (unpaired) electrons. The Hall–Kier alpha value is -0.200. The molecule has 0 aromatic heterocycles. The van der Waals surface area contributed by atoms with Crippen LogP contribution < -0.4 is 0 Å². The van der Waals surface area contributed by atoms with Crippen molar-refractivity contribution in [3.63, 3.8) is 0 Å². The predicted molar refractivity (Wildman–Crippen MR) is 55.4 cm³/mol. The Kier molecular flexibility index (Phi) is 4.95. The number of rotatable bonds is 4. The van der Waals surface area contributed by atoms with Crippen LogP contribution >= 0.6 is 0 Å². The van der Waals surface area contributed by atoms with E-state index in [0.29, 0.717) is 6.54 Å². The van der Waals surface area contributed by atoms with E-state index < -0.39 is 24.4 Å². The smallest absolute Gasteiger partial charge is 0.109 e. The molecule has 0 aromatic rings. The third kappa shape index (κ3) is 2.89. The summed E-state index contributed by atoms with van der Waals surface area (Å²) in [4.78, 5) is 1.84. The molecule has 1 aliphatic rings. The van der Waals surface area contributed by atoms with Gasteiger partial charge in [-0.15, -0.1) is 0 Å². The predicted octanol–water partition coefficient (Wildman–Crippen LogP) is -1.45. The molecular weight excluding hydrogens is 198 g/mol. The highest BCUT2D eigenvalue weighted by Gasteiger charge is 2.40. The lowest BCUT2D eigenvalue weighted by molar-refractivity contribution is -0.145. The van der Waals surface area contributed by atoms with E-state index in [1.165, 1.54) is 0 Å². The van der Waals surface area contributed by atoms with Gasteiger partial charge in [-0.25, -0.2) is 0 Å². The first-order valence-corrected chi connectivity index (χ1v) is 5.51. The van der Waals surface area contributed by atoms with Crippen LogP contribution in [0.15, 0.2) is 0 Å². The molecule has 0 bridgehead atoms. The summed E-state index contributed by atoms with van der Waals surface area (Å²) in [5, 5.41) is 37.8. The van der Waals surface area contributed by atoms with Gasteiger partial charge in [0, 0.05) is 6.54 Å². The van der Waals surface area contributed by atoms with E-state index in [1.807, 2.05) is 4.90 Å². The number of likely N-dealkylation sites (tertiary alicyclic amines) is 1. The molecule has 4 N–H and O–H groups in total. The minimum absolute atomic E-state index is 0.200. The number of aliphatic hydroxyl groups is 4. The molecule has 0 saturated carbocycles. The van der Waals surface area contributed by atoms with Crippen molar-refractivity contribution in [1.29, 1.82) is 0 Å². The molecule has 4 atom stereocenters. The summed E-state index contributed by atoms with van der Waals surface area (Å²) >= 11 is 0. The Balaban J connectivity index is 2.60. The fourth-order valence-corrected chi connectivity index (χ4v) is 2.00. The molecule has 15 heavy (non-hydrogen) atoms. The van der Waals surface area contributed by atoms with Crippen molar-refractivity contribution in [2.75, 3.05) is 19.7 Å². The van der Waals surface area contributed by atoms with Crippen LogP contribution in [-0.2, 0) is 0 Å². The van der Waals surface area contributed by atoms with E-state index in [2.05, 4.69) is 6.92 Å². The standard InChI is InChI=1S/C10H21NO4/c1-2-3-4-11-5-8(13)10(15)9(14)7(11)6-12/h7-10,12-15H,2-6H2,1H3/t7?,8?,9-,10-/m1/s1. The van der Waals surface area contributed by atoms with E-state index >= 15 is 0 Å². The molecule has 90 valence electrons. The van der Waals surface area contributed by atoms with Gasteiger partial charge < -0.3 is 20.4 Å². The van der Waals surface area contributed by atoms with E-state index in [1.54, 1.807) is 0 Å². The highest BCUT2D eigenvalue weighted by Crippen LogP contribution is 2.19. The van der Waals surface area contributed by atoms with Crippen LogP contribution in [0.3, 0.4) is 0 Å². The molecule has 1 saturated heterocycles. The number of unbranched alkanes of at least 4 members (excludes halogenated alkanes) is 1. The summed E-state index contributed by atoms with van der Waals surface area (Å²) in [6.07, 6.45) is -1.19. The highest BCUT2D eigenvalue weighted by atomic mass is 16.4. The van der Waals surface area contributed by atoms with Gasteiger partial charge in [0.2, 0.25) is 0 Å². The maximum absolute atomic E-state index is 9.67. The Morgan fingerprint density at radius 1 is 1.20 bits per heavy atom. The highest BCUT2D eigenvalue weighted by molar-refractivity contribution is 4.93. The molecule has 0 amide bonds. The van der Waals surface area contributed by atoms with Crippen molar-refractivity contribution >= 4 is 0 Å². The van der Waals surface area contributed by atoms with Crippen LogP contribution in [0.2, 0.25) is 0 Å². The minimum atomic E-state index is -1.15. The maximum atomic E-state index is 9.67. The van der Waals surface area contributed by atoms with Crippen LogP contribution in [0.4, 0.5) is 0 Å². The minimum Gasteiger partial charge on any atom is -0.395 e. The average Bonchev–Trinajstić information content (AvgIpc) is 2.23. The van der Waals surface area contributed by atoms with E-state index in [9.17, 15) is 15.3 Å². The molecule has 2 unspecified atom stereocenters. The monoisotopic (exact) mass is 219 g/mol. The van der Waals surface area contributed by atoms with Crippen LogP contribution in [0.1, 0.15) is 19.8 Å². The van der Waals surface area contributed by atoms with Crippen molar-refractivity contribution in [3.8, 4) is 0 Å². The number of aliphatic hydroxyl groups excluding tert-OH is 4. The van der Waals surface area contributed by atoms with Crippen LogP contribution in [0.25, 0.3) is 0 Å². The van der Waals surface area contributed by atoms with Crippen molar-refractivity contribution in [1.82, 2.24) is 4.90 Å². The van der Waals surface area contributed by atoms with Gasteiger partial charge in [-0.2, -0.15) is 0 Å². The van der Waals surface area contributed by atoms with Crippen molar-refractivity contribution in [2.24, 2.45) is 0 Å². The molecule has 5 nitrogen and oxygen atoms in total. The third-order valence-electron chi connectivity index (χ3n) is 3.01. The SMILES string of the molecule is CCCCN1CC(O)[C@@H](O)[C@H](O)C1CO. The van der Waals surface area contributed by atoms with Gasteiger partial charge in [-0.05, 0) is 13.0 Å². The van der Waals surface area contributed by atoms with Crippen molar-refractivity contribution in [2.45, 2.75) is 44.1 Å². The Bertz CT molecular complexity index is 190. The molecule has 0 spiro atoms. The van der Waals surface area contributed by atoms with Gasteiger partial charge >= 0.3 is 0 Å². The van der Waals surface area contributed by atoms with Gasteiger partial charge in [0.05, 0.1) is 18.8 Å². The molecule has 1 rings (SSSR count). The zero-order valence-electron chi connectivity index (χ0n) is 9.08. The van der Waals surface area contributed by atoms with Crippen LogP contribution in [-0.4, -0.2) is 69.4 Å². The van der Waals surface area contributed by atoms with Crippen LogP contribution in [0.5, 0.6) is 0 Å². The molecule has 1 aliphatic heterocycles. The van der Waals surface area contributed by atoms with Gasteiger partial charge in [0.15, 0.2) is 0 Å². The number of hydrogen-bond donors (Lipinski definition) is 4. The average molecular weight is 219 g/mol. The Labute approximate surface area is 90.0 Å². The van der Waals surface area contributed by atoms with Gasteiger partial charge in [0.25, 0.3) is 0 Å². The second kappa shape index (κ2) is 5.77. The number of piperidine rings is 1. The maximum Gasteiger partial charge on any atom is 0.109 e. The fraction of sp³-hybridized carbons (Fsp3) is 1.00. The molecule has 0 aromatic carbocycles. The lowest BCUT2D eigenvalue weighted by atomic mass is 9.94. The largest absolute Gasteiger partial charge is 0.395 e. The lowest BCUT2D eigenvalue weighted by Crippen LogP contribution is -2.62. The molecule has 0 aliphatic carbocycles. The quantitative estimate of drug-likeness (QED) is 0.465. The topological polar surface area (TPSA) is 84.2 Å². The third-order valence-corrected chi connectivity index (χ3v) is 3.01. The summed E-state index contributed by atoms with van der Waals surface area (Å²) in [5.41, 5.74) is 0. The number of nitrogens with zero attached hydrogens (tertiary/aromatic N) is 1. The van der Waals surface area contributed by atoms with E-state index in [-0.39, 0.29) is 6.61 Å². The molecule has 1 fully saturated rings. The molecular formula is C10H21NO4. The zero-order valence-corrected chi connectivity index (χ0v) is 9.08. The summed E-state index contributed by atoms with van der Waals surface area (Å²) in [6.45, 7) is 2.89. The first-order chi connectivity index (χ1) is 7.11. The lowest BCUT2D eigenvalue weighted by Gasteiger charge is -2.43. The molecule has 1 heterocycles. The van der Waals surface area contributed by atoms with Crippen molar-refractivity contribution in [3.05, 3.63) is 0 Å². The second-order valence-corrected chi connectivity index (χ2v) is 4.15. The van der Waals surface area contributed by atoms with Crippen molar-refractivity contribution < 1.29 is 20.4 Å². The summed E-state index contributed by atoms with van der Waals surface area (Å²) in [7, 11) is 0. The summed E-state index contributed by atoms with van der Waals surface area (Å²) in [6, 6.07) is -0.463. The van der Waals surface area contributed by atoms with E-state index in [0.717, 1.165) is 19.4 Å². The first-order valence-electron chi connectivity index (χ1n) is 5.51. The Morgan fingerprint density at radius 2 is 1.87 bits per heavy atom. The number of hydrogen-bond acceptors (Lipinski definition) is 5. The number of β-amino-alcohol motifs (C(OH)–C–C–N with tert-alkyl or cyclic N) is 1.